The zero-order valence-electron chi connectivity index (χ0n) is 10.3. The van der Waals surface area contributed by atoms with E-state index in [1.807, 2.05) is 19.9 Å². The molecule has 5 heteroatoms. The van der Waals surface area contributed by atoms with E-state index in [2.05, 4.69) is 0 Å². The van der Waals surface area contributed by atoms with E-state index in [1.54, 1.807) is 0 Å². The van der Waals surface area contributed by atoms with E-state index < -0.39 is 7.60 Å². The zero-order valence-corrected chi connectivity index (χ0v) is 11.2. The smallest absolute Gasteiger partial charge is 0.309 e. The maximum Gasteiger partial charge on any atom is 0.331 e. The molecule has 0 aromatic rings. The highest BCUT2D eigenvalue weighted by Crippen LogP contribution is 2.48. The molecular formula is C11H22NO3P. The molecule has 0 saturated heterocycles. The molecule has 0 saturated carbocycles. The second kappa shape index (κ2) is 9.84. The zero-order chi connectivity index (χ0) is 12.3. The number of rotatable bonds is 10. The number of hydrogen-bond donors (Lipinski definition) is 0. The quantitative estimate of drug-likeness (QED) is 0.436. The van der Waals surface area contributed by atoms with Gasteiger partial charge in [0.1, 0.15) is 0 Å². The molecule has 0 aliphatic rings. The molecule has 0 heterocycles. The largest absolute Gasteiger partial charge is 0.331 e. The van der Waals surface area contributed by atoms with Crippen LogP contribution in [0.5, 0.6) is 0 Å². The summed E-state index contributed by atoms with van der Waals surface area (Å²) in [4.78, 5) is 0. The number of hydrogen-bond acceptors (Lipinski definition) is 4. The van der Waals surface area contributed by atoms with Crippen molar-refractivity contribution in [3.05, 3.63) is 0 Å². The molecule has 0 atom stereocenters. The average molecular weight is 247 g/mol. The van der Waals surface area contributed by atoms with Crippen molar-refractivity contribution < 1.29 is 13.6 Å². The monoisotopic (exact) mass is 247 g/mol. The van der Waals surface area contributed by atoms with Crippen LogP contribution in [0.25, 0.3) is 0 Å². The molecule has 0 aromatic carbocycles. The number of nitrogens with zero attached hydrogens (tertiary/aromatic N) is 1. The second-order valence-corrected chi connectivity index (χ2v) is 5.80. The molecule has 0 unspecified atom stereocenters. The summed E-state index contributed by atoms with van der Waals surface area (Å²) < 4.78 is 22.7. The van der Waals surface area contributed by atoms with Crippen molar-refractivity contribution in [2.75, 3.05) is 19.4 Å². The van der Waals surface area contributed by atoms with Gasteiger partial charge in [0.05, 0.1) is 25.4 Å². The van der Waals surface area contributed by atoms with Gasteiger partial charge in [0.2, 0.25) is 0 Å². The van der Waals surface area contributed by atoms with Crippen LogP contribution >= 0.6 is 7.60 Å². The van der Waals surface area contributed by atoms with E-state index in [1.165, 1.54) is 0 Å². The van der Waals surface area contributed by atoms with Crippen molar-refractivity contribution in [2.24, 2.45) is 0 Å². The summed E-state index contributed by atoms with van der Waals surface area (Å²) in [5.41, 5.74) is 0. The third kappa shape index (κ3) is 7.87. The van der Waals surface area contributed by atoms with E-state index in [-0.39, 0.29) is 12.6 Å². The third-order valence-corrected chi connectivity index (χ3v) is 3.99. The van der Waals surface area contributed by atoms with E-state index in [9.17, 15) is 4.57 Å². The fourth-order valence-corrected chi connectivity index (χ4v) is 2.57. The topological polar surface area (TPSA) is 59.3 Å². The summed E-state index contributed by atoms with van der Waals surface area (Å²) in [6.07, 6.45) is 4.15. The Balaban J connectivity index is 4.03. The van der Waals surface area contributed by atoms with Crippen LogP contribution < -0.4 is 0 Å². The van der Waals surface area contributed by atoms with Gasteiger partial charge in [0.25, 0.3) is 0 Å². The van der Waals surface area contributed by atoms with Gasteiger partial charge in [-0.15, -0.1) is 0 Å². The molecule has 4 nitrogen and oxygen atoms in total. The molecule has 16 heavy (non-hydrogen) atoms. The normalized spacial score (nSPS) is 11.3. The van der Waals surface area contributed by atoms with E-state index >= 15 is 0 Å². The molecule has 0 N–H and O–H groups in total. The number of unbranched alkanes of at least 4 members (excludes halogenated alkanes) is 2. The van der Waals surface area contributed by atoms with E-state index in [0.29, 0.717) is 13.2 Å². The summed E-state index contributed by atoms with van der Waals surface area (Å²) in [6, 6.07) is 1.97. The van der Waals surface area contributed by atoms with Gasteiger partial charge in [-0.1, -0.05) is 26.7 Å². The van der Waals surface area contributed by atoms with Gasteiger partial charge in [-0.25, -0.2) is 0 Å². The van der Waals surface area contributed by atoms with Gasteiger partial charge in [0.15, 0.2) is 0 Å². The van der Waals surface area contributed by atoms with Crippen molar-refractivity contribution in [1.82, 2.24) is 0 Å². The van der Waals surface area contributed by atoms with Gasteiger partial charge in [-0.2, -0.15) is 5.26 Å². The summed E-state index contributed by atoms with van der Waals surface area (Å²) in [5.74, 6) is 0. The second-order valence-electron chi connectivity index (χ2n) is 3.62. The van der Waals surface area contributed by atoms with Crippen LogP contribution in [0.4, 0.5) is 0 Å². The Morgan fingerprint density at radius 1 is 1.12 bits per heavy atom. The summed E-state index contributed by atoms with van der Waals surface area (Å²) >= 11 is 0. The summed E-state index contributed by atoms with van der Waals surface area (Å²) in [6.45, 7) is 4.99. The predicted molar refractivity (Wildman–Crippen MR) is 64.4 cm³/mol. The maximum atomic E-state index is 12.1. The Kier molecular flexibility index (Phi) is 9.62. The molecule has 0 spiro atoms. The molecule has 94 valence electrons. The summed E-state index contributed by atoms with van der Waals surface area (Å²) in [5, 5.41) is 8.49. The lowest BCUT2D eigenvalue weighted by molar-refractivity contribution is 0.200. The molecule has 0 aliphatic carbocycles. The average Bonchev–Trinajstić information content (AvgIpc) is 2.27. The molecule has 0 aliphatic heterocycles. The highest BCUT2D eigenvalue weighted by atomic mass is 31.2. The fraction of sp³-hybridized carbons (Fsp3) is 0.909. The summed E-state index contributed by atoms with van der Waals surface area (Å²) in [7, 11) is -3.02. The fourth-order valence-electron chi connectivity index (χ4n) is 1.05. The minimum Gasteiger partial charge on any atom is -0.309 e. The van der Waals surface area contributed by atoms with Crippen LogP contribution in [-0.2, 0) is 13.6 Å². The number of nitriles is 1. The Morgan fingerprint density at radius 3 is 2.00 bits per heavy atom. The van der Waals surface area contributed by atoms with E-state index in [4.69, 9.17) is 14.3 Å². The molecule has 0 bridgehead atoms. The Labute approximate surface area is 98.5 Å². The highest BCUT2D eigenvalue weighted by Gasteiger charge is 2.23. The van der Waals surface area contributed by atoms with Gasteiger partial charge < -0.3 is 9.05 Å². The van der Waals surface area contributed by atoms with Gasteiger partial charge in [-0.3, -0.25) is 4.57 Å². The van der Waals surface area contributed by atoms with Crippen LogP contribution in [0.3, 0.4) is 0 Å². The molecule has 0 amide bonds. The lowest BCUT2D eigenvalue weighted by Crippen LogP contribution is -2.02. The minimum atomic E-state index is -3.02. The van der Waals surface area contributed by atoms with Crippen molar-refractivity contribution in [3.8, 4) is 6.07 Å². The van der Waals surface area contributed by atoms with Crippen LogP contribution in [0.2, 0.25) is 0 Å². The SMILES string of the molecule is CCCCOP(=O)(CCC#N)OCCCC. The Hall–Kier alpha value is -0.360. The predicted octanol–water partition coefficient (Wildman–Crippen LogP) is 3.73. The van der Waals surface area contributed by atoms with Crippen molar-refractivity contribution in [1.29, 1.82) is 5.26 Å². The first-order valence-corrected chi connectivity index (χ1v) is 7.66. The first-order valence-electron chi connectivity index (χ1n) is 5.93. The van der Waals surface area contributed by atoms with Crippen molar-refractivity contribution in [2.45, 2.75) is 46.0 Å². The van der Waals surface area contributed by atoms with Gasteiger partial charge in [-0.05, 0) is 12.8 Å². The van der Waals surface area contributed by atoms with Crippen LogP contribution in [-0.4, -0.2) is 19.4 Å². The first kappa shape index (κ1) is 15.6. The molecule has 0 rings (SSSR count). The standard InChI is InChI=1S/C11H22NO3P/c1-3-5-9-14-16(13,11-7-8-12)15-10-6-4-2/h3-7,9-11H2,1-2H3. The molecule has 0 fully saturated rings. The molecule has 0 radical (unpaired) electrons. The van der Waals surface area contributed by atoms with Crippen molar-refractivity contribution >= 4 is 7.60 Å². The molecular weight excluding hydrogens is 225 g/mol. The Morgan fingerprint density at radius 2 is 1.62 bits per heavy atom. The maximum absolute atomic E-state index is 12.1. The van der Waals surface area contributed by atoms with Crippen LogP contribution in [0, 0.1) is 11.3 Å². The van der Waals surface area contributed by atoms with Crippen LogP contribution in [0.15, 0.2) is 0 Å². The third-order valence-electron chi connectivity index (χ3n) is 2.07. The minimum absolute atomic E-state index is 0.205. The highest BCUT2D eigenvalue weighted by molar-refractivity contribution is 7.53. The lowest BCUT2D eigenvalue weighted by Gasteiger charge is -2.17. The Bertz CT molecular complexity index is 236. The lowest BCUT2D eigenvalue weighted by atomic mass is 10.4. The van der Waals surface area contributed by atoms with Gasteiger partial charge in [0, 0.05) is 6.42 Å². The van der Waals surface area contributed by atoms with Gasteiger partial charge >= 0.3 is 7.60 Å². The van der Waals surface area contributed by atoms with Crippen LogP contribution in [0.1, 0.15) is 46.0 Å². The van der Waals surface area contributed by atoms with Crippen molar-refractivity contribution in [3.63, 3.8) is 0 Å². The molecule has 0 aromatic heterocycles. The van der Waals surface area contributed by atoms with E-state index in [0.717, 1.165) is 25.7 Å². The first-order chi connectivity index (χ1) is 7.68.